The summed E-state index contributed by atoms with van der Waals surface area (Å²) in [5, 5.41) is 15.9. The highest BCUT2D eigenvalue weighted by Gasteiger charge is 2.11. The van der Waals surface area contributed by atoms with Gasteiger partial charge in [-0.15, -0.1) is 11.3 Å². The number of hydrogen-bond acceptors (Lipinski definition) is 4. The van der Waals surface area contributed by atoms with Crippen LogP contribution in [-0.2, 0) is 4.79 Å². The number of amides is 2. The minimum absolute atomic E-state index is 0.0707. The van der Waals surface area contributed by atoms with Gasteiger partial charge in [-0.05, 0) is 17.9 Å². The predicted molar refractivity (Wildman–Crippen MR) is 78.5 cm³/mol. The average molecular weight is 294 g/mol. The van der Waals surface area contributed by atoms with Gasteiger partial charge in [-0.2, -0.15) is 0 Å². The Balaban J connectivity index is 2.43. The monoisotopic (exact) mass is 294 g/mol. The highest BCUT2D eigenvalue weighted by Crippen LogP contribution is 2.15. The molecule has 0 saturated heterocycles. The Labute approximate surface area is 122 Å². The van der Waals surface area contributed by atoms with Crippen molar-refractivity contribution in [1.82, 2.24) is 10.6 Å². The van der Waals surface area contributed by atoms with Gasteiger partial charge < -0.3 is 15.7 Å². The van der Waals surface area contributed by atoms with Gasteiger partial charge in [-0.1, -0.05) is 18.8 Å². The molecule has 0 radical (unpaired) electrons. The average Bonchev–Trinajstić information content (AvgIpc) is 2.91. The van der Waals surface area contributed by atoms with Gasteiger partial charge in [0.2, 0.25) is 5.91 Å². The van der Waals surface area contributed by atoms with Crippen molar-refractivity contribution in [2.45, 2.75) is 19.8 Å². The fraction of sp³-hybridized carbons (Fsp3) is 0.429. The van der Waals surface area contributed by atoms with E-state index in [-0.39, 0.29) is 24.8 Å². The lowest BCUT2D eigenvalue weighted by Gasteiger charge is -2.05. The van der Waals surface area contributed by atoms with Gasteiger partial charge >= 0.3 is 0 Å². The van der Waals surface area contributed by atoms with Crippen LogP contribution in [-0.4, -0.2) is 36.6 Å². The van der Waals surface area contributed by atoms with Gasteiger partial charge in [-0.3, -0.25) is 9.59 Å². The lowest BCUT2D eigenvalue weighted by atomic mass is 10.2. The van der Waals surface area contributed by atoms with Gasteiger partial charge in [0.1, 0.15) is 11.5 Å². The Kier molecular flexibility index (Phi) is 7.40. The number of thiophene rings is 1. The Morgan fingerprint density at radius 1 is 1.35 bits per heavy atom. The first-order valence-electron chi connectivity index (χ1n) is 6.41. The first-order valence-corrected chi connectivity index (χ1v) is 7.29. The molecule has 0 aliphatic carbocycles. The fourth-order valence-corrected chi connectivity index (χ4v) is 2.21. The molecular weight excluding hydrogens is 276 g/mol. The molecular formula is C14H18N2O3S. The Morgan fingerprint density at radius 2 is 2.15 bits per heavy atom. The van der Waals surface area contributed by atoms with Crippen molar-refractivity contribution in [3.63, 3.8) is 0 Å². The third kappa shape index (κ3) is 5.43. The SMILES string of the molecule is CCCNC(=O)CCNC(=O)c1sccc1C#CCO. The van der Waals surface area contributed by atoms with E-state index >= 15 is 0 Å². The largest absolute Gasteiger partial charge is 0.384 e. The van der Waals surface area contributed by atoms with E-state index in [9.17, 15) is 9.59 Å². The van der Waals surface area contributed by atoms with Crippen molar-refractivity contribution in [3.05, 3.63) is 21.9 Å². The normalized spacial score (nSPS) is 9.50. The zero-order valence-corrected chi connectivity index (χ0v) is 12.2. The summed E-state index contributed by atoms with van der Waals surface area (Å²) in [5.74, 6) is 4.92. The first-order chi connectivity index (χ1) is 9.69. The third-order valence-corrected chi connectivity index (χ3v) is 3.30. The summed E-state index contributed by atoms with van der Waals surface area (Å²) in [5.41, 5.74) is 0.594. The Hall–Kier alpha value is -1.84. The number of carbonyl (C=O) groups is 2. The van der Waals surface area contributed by atoms with Crippen molar-refractivity contribution in [1.29, 1.82) is 0 Å². The van der Waals surface area contributed by atoms with Crippen LogP contribution >= 0.6 is 11.3 Å². The van der Waals surface area contributed by atoms with Gasteiger partial charge in [0.25, 0.3) is 5.91 Å². The number of aliphatic hydroxyl groups excluding tert-OH is 1. The molecule has 20 heavy (non-hydrogen) atoms. The maximum atomic E-state index is 11.9. The predicted octanol–water partition coefficient (Wildman–Crippen LogP) is 0.738. The van der Waals surface area contributed by atoms with Crippen LogP contribution in [0.5, 0.6) is 0 Å². The van der Waals surface area contributed by atoms with Crippen LogP contribution in [0.15, 0.2) is 11.4 Å². The van der Waals surface area contributed by atoms with Crippen molar-refractivity contribution >= 4 is 23.2 Å². The van der Waals surface area contributed by atoms with Crippen LogP contribution in [0, 0.1) is 11.8 Å². The van der Waals surface area contributed by atoms with Crippen molar-refractivity contribution in [3.8, 4) is 11.8 Å². The molecule has 3 N–H and O–H groups in total. The summed E-state index contributed by atoms with van der Waals surface area (Å²) in [6.45, 7) is 2.68. The van der Waals surface area contributed by atoms with Crippen LogP contribution in [0.25, 0.3) is 0 Å². The lowest BCUT2D eigenvalue weighted by molar-refractivity contribution is -0.120. The molecule has 0 unspecified atom stereocenters. The minimum Gasteiger partial charge on any atom is -0.384 e. The quantitative estimate of drug-likeness (QED) is 0.677. The molecule has 0 spiro atoms. The third-order valence-electron chi connectivity index (χ3n) is 2.38. The van der Waals surface area contributed by atoms with Crippen LogP contribution in [0.4, 0.5) is 0 Å². The molecule has 1 aromatic heterocycles. The highest BCUT2D eigenvalue weighted by molar-refractivity contribution is 7.12. The molecule has 108 valence electrons. The molecule has 0 fully saturated rings. The molecule has 0 bridgehead atoms. The molecule has 0 atom stereocenters. The van der Waals surface area contributed by atoms with E-state index in [4.69, 9.17) is 5.11 Å². The topological polar surface area (TPSA) is 78.4 Å². The molecule has 0 aromatic carbocycles. The highest BCUT2D eigenvalue weighted by atomic mass is 32.1. The summed E-state index contributed by atoms with van der Waals surface area (Å²) >= 11 is 1.28. The summed E-state index contributed by atoms with van der Waals surface area (Å²) in [6.07, 6.45) is 1.15. The molecule has 1 rings (SSSR count). The number of aliphatic hydroxyl groups is 1. The molecule has 0 aliphatic rings. The van der Waals surface area contributed by atoms with Gasteiger partial charge in [-0.25, -0.2) is 0 Å². The van der Waals surface area contributed by atoms with E-state index in [1.165, 1.54) is 11.3 Å². The molecule has 2 amide bonds. The van der Waals surface area contributed by atoms with E-state index in [2.05, 4.69) is 22.5 Å². The summed E-state index contributed by atoms with van der Waals surface area (Å²) in [4.78, 5) is 23.8. The smallest absolute Gasteiger partial charge is 0.262 e. The van der Waals surface area contributed by atoms with E-state index in [1.807, 2.05) is 6.92 Å². The number of hydrogen-bond donors (Lipinski definition) is 3. The maximum absolute atomic E-state index is 11.9. The molecule has 6 heteroatoms. The Bertz CT molecular complexity index is 514. The van der Waals surface area contributed by atoms with E-state index < -0.39 is 0 Å². The maximum Gasteiger partial charge on any atom is 0.262 e. The number of nitrogens with one attached hydrogen (secondary N) is 2. The van der Waals surface area contributed by atoms with Gasteiger partial charge in [0.15, 0.2) is 0 Å². The van der Waals surface area contributed by atoms with E-state index in [0.717, 1.165) is 6.42 Å². The van der Waals surface area contributed by atoms with Crippen LogP contribution in [0.1, 0.15) is 35.0 Å². The van der Waals surface area contributed by atoms with E-state index in [1.54, 1.807) is 11.4 Å². The zero-order valence-electron chi connectivity index (χ0n) is 11.4. The van der Waals surface area contributed by atoms with Crippen molar-refractivity contribution in [2.75, 3.05) is 19.7 Å². The summed E-state index contributed by atoms with van der Waals surface area (Å²) in [6, 6.07) is 1.73. The fourth-order valence-electron chi connectivity index (χ4n) is 1.44. The number of carbonyl (C=O) groups excluding carboxylic acids is 2. The van der Waals surface area contributed by atoms with Crippen molar-refractivity contribution < 1.29 is 14.7 Å². The van der Waals surface area contributed by atoms with Crippen molar-refractivity contribution in [2.24, 2.45) is 0 Å². The molecule has 0 aliphatic heterocycles. The summed E-state index contributed by atoms with van der Waals surface area (Å²) in [7, 11) is 0. The van der Waals surface area contributed by atoms with E-state index in [0.29, 0.717) is 23.5 Å². The molecule has 1 heterocycles. The number of rotatable bonds is 6. The lowest BCUT2D eigenvalue weighted by Crippen LogP contribution is -2.30. The molecule has 0 saturated carbocycles. The minimum atomic E-state index is -0.245. The second kappa shape index (κ2) is 9.13. The van der Waals surface area contributed by atoms with Gasteiger partial charge in [0.05, 0.1) is 0 Å². The van der Waals surface area contributed by atoms with Crippen LogP contribution in [0.2, 0.25) is 0 Å². The van der Waals surface area contributed by atoms with Crippen LogP contribution in [0.3, 0.4) is 0 Å². The summed E-state index contributed by atoms with van der Waals surface area (Å²) < 4.78 is 0. The molecule has 1 aromatic rings. The first kappa shape index (κ1) is 16.2. The van der Waals surface area contributed by atoms with Gasteiger partial charge in [0, 0.05) is 25.1 Å². The second-order valence-electron chi connectivity index (χ2n) is 3.98. The molecule has 5 nitrogen and oxygen atoms in total. The standard InChI is InChI=1S/C14H18N2O3S/c1-2-7-15-12(18)5-8-16-14(19)13-11(4-3-9-17)6-10-20-13/h6,10,17H,2,5,7-9H2,1H3,(H,15,18)(H,16,19). The zero-order chi connectivity index (χ0) is 14.8. The second-order valence-corrected chi connectivity index (χ2v) is 4.90. The van der Waals surface area contributed by atoms with Crippen LogP contribution < -0.4 is 10.6 Å². The Morgan fingerprint density at radius 3 is 2.85 bits per heavy atom.